The summed E-state index contributed by atoms with van der Waals surface area (Å²) in [5.41, 5.74) is 3.09. The Hall–Kier alpha value is -0.820. The van der Waals surface area contributed by atoms with Crippen LogP contribution in [0.25, 0.3) is 0 Å². The van der Waals surface area contributed by atoms with Crippen LogP contribution in [0.3, 0.4) is 0 Å². The van der Waals surface area contributed by atoms with Crippen molar-refractivity contribution < 1.29 is 0 Å². The largest absolute Gasteiger partial charge is 0.309 e. The number of hydrogen-bond acceptors (Lipinski definition) is 1. The van der Waals surface area contributed by atoms with Crippen LogP contribution in [0.5, 0.6) is 0 Å². The molecule has 82 valence electrons. The van der Waals surface area contributed by atoms with Gasteiger partial charge in [-0.1, -0.05) is 51.0 Å². The van der Waals surface area contributed by atoms with E-state index in [1.807, 2.05) is 0 Å². The van der Waals surface area contributed by atoms with Crippen molar-refractivity contribution in [1.82, 2.24) is 5.32 Å². The first-order valence-electron chi connectivity index (χ1n) is 6.18. The lowest BCUT2D eigenvalue weighted by Crippen LogP contribution is -2.34. The topological polar surface area (TPSA) is 12.0 Å². The van der Waals surface area contributed by atoms with E-state index in [1.165, 1.54) is 24.8 Å². The Labute approximate surface area is 92.9 Å². The highest BCUT2D eigenvalue weighted by Crippen LogP contribution is 2.31. The zero-order chi connectivity index (χ0) is 10.7. The van der Waals surface area contributed by atoms with Crippen molar-refractivity contribution in [2.75, 3.05) is 6.54 Å². The highest BCUT2D eigenvalue weighted by molar-refractivity contribution is 5.32. The monoisotopic (exact) mass is 203 g/mol. The number of rotatable bonds is 3. The summed E-state index contributed by atoms with van der Waals surface area (Å²) in [6, 6.07) is 9.50. The molecule has 1 heterocycles. The Morgan fingerprint density at radius 3 is 2.73 bits per heavy atom. The van der Waals surface area contributed by atoms with Crippen LogP contribution < -0.4 is 5.32 Å². The molecule has 0 bridgehead atoms. The Morgan fingerprint density at radius 2 is 2.00 bits per heavy atom. The maximum absolute atomic E-state index is 3.68. The Kier molecular flexibility index (Phi) is 3.42. The highest BCUT2D eigenvalue weighted by atomic mass is 14.9. The van der Waals surface area contributed by atoms with Gasteiger partial charge in [-0.3, -0.25) is 0 Å². The van der Waals surface area contributed by atoms with Gasteiger partial charge < -0.3 is 5.32 Å². The zero-order valence-electron chi connectivity index (χ0n) is 9.79. The molecule has 0 amide bonds. The van der Waals surface area contributed by atoms with Gasteiger partial charge in [0, 0.05) is 6.04 Å². The smallest absolute Gasteiger partial charge is 0.0351 e. The molecule has 1 aromatic rings. The van der Waals surface area contributed by atoms with Crippen molar-refractivity contribution in [3.8, 4) is 0 Å². The fourth-order valence-electron chi connectivity index (χ4n) is 2.72. The summed E-state index contributed by atoms with van der Waals surface area (Å²) < 4.78 is 0. The minimum atomic E-state index is 0.588. The van der Waals surface area contributed by atoms with E-state index in [1.54, 1.807) is 5.56 Å². The van der Waals surface area contributed by atoms with E-state index < -0.39 is 0 Å². The van der Waals surface area contributed by atoms with Gasteiger partial charge in [-0.25, -0.2) is 0 Å². The van der Waals surface area contributed by atoms with Gasteiger partial charge in [0.2, 0.25) is 0 Å². The maximum atomic E-state index is 3.68. The molecule has 0 radical (unpaired) electrons. The second-order valence-corrected chi connectivity index (χ2v) is 4.46. The fraction of sp³-hybridized carbons (Fsp3) is 0.571. The van der Waals surface area contributed by atoms with Crippen molar-refractivity contribution >= 4 is 0 Å². The lowest BCUT2D eigenvalue weighted by Gasteiger charge is -2.32. The first-order valence-corrected chi connectivity index (χ1v) is 6.18. The zero-order valence-corrected chi connectivity index (χ0v) is 9.79. The molecule has 0 saturated heterocycles. The molecule has 2 rings (SSSR count). The van der Waals surface area contributed by atoms with Crippen LogP contribution in [-0.2, 0) is 6.42 Å². The van der Waals surface area contributed by atoms with E-state index in [2.05, 4.69) is 43.4 Å². The third-order valence-corrected chi connectivity index (χ3v) is 3.67. The van der Waals surface area contributed by atoms with Gasteiger partial charge in [0.05, 0.1) is 0 Å². The Balaban J connectivity index is 2.28. The van der Waals surface area contributed by atoms with Gasteiger partial charge in [-0.05, 0) is 30.0 Å². The average Bonchev–Trinajstić information content (AvgIpc) is 2.31. The highest BCUT2D eigenvalue weighted by Gasteiger charge is 2.24. The molecule has 1 nitrogen and oxygen atoms in total. The van der Waals surface area contributed by atoms with Gasteiger partial charge in [0.1, 0.15) is 0 Å². The number of hydrogen-bond donors (Lipinski definition) is 1. The van der Waals surface area contributed by atoms with E-state index in [0.29, 0.717) is 6.04 Å². The molecular weight excluding hydrogens is 182 g/mol. The summed E-state index contributed by atoms with van der Waals surface area (Å²) in [7, 11) is 0. The molecule has 0 aromatic heterocycles. The normalized spacial score (nSPS) is 20.3. The molecule has 1 aliphatic heterocycles. The summed E-state index contributed by atoms with van der Waals surface area (Å²) in [5, 5.41) is 3.68. The Morgan fingerprint density at radius 1 is 1.27 bits per heavy atom. The third kappa shape index (κ3) is 2.07. The second kappa shape index (κ2) is 4.80. The maximum Gasteiger partial charge on any atom is 0.0351 e. The summed E-state index contributed by atoms with van der Waals surface area (Å²) in [6.07, 6.45) is 3.72. The van der Waals surface area contributed by atoms with Crippen molar-refractivity contribution in [2.24, 2.45) is 5.92 Å². The number of benzene rings is 1. The molecule has 1 atom stereocenters. The predicted molar refractivity (Wildman–Crippen MR) is 65.0 cm³/mol. The average molecular weight is 203 g/mol. The van der Waals surface area contributed by atoms with Gasteiger partial charge in [-0.2, -0.15) is 0 Å². The van der Waals surface area contributed by atoms with Gasteiger partial charge in [0.25, 0.3) is 0 Å². The van der Waals surface area contributed by atoms with E-state index >= 15 is 0 Å². The summed E-state index contributed by atoms with van der Waals surface area (Å²) >= 11 is 0. The molecule has 1 unspecified atom stereocenters. The van der Waals surface area contributed by atoms with Gasteiger partial charge in [0.15, 0.2) is 0 Å². The van der Waals surface area contributed by atoms with E-state index in [0.717, 1.165) is 12.5 Å². The van der Waals surface area contributed by atoms with E-state index in [4.69, 9.17) is 0 Å². The summed E-state index contributed by atoms with van der Waals surface area (Å²) in [6.45, 7) is 5.73. The molecular formula is C14H21N. The van der Waals surface area contributed by atoms with Crippen LogP contribution >= 0.6 is 0 Å². The predicted octanol–water partition coefficient (Wildman–Crippen LogP) is 3.31. The minimum Gasteiger partial charge on any atom is -0.309 e. The summed E-state index contributed by atoms with van der Waals surface area (Å²) in [4.78, 5) is 0. The lowest BCUT2D eigenvalue weighted by molar-refractivity contribution is 0.329. The van der Waals surface area contributed by atoms with Crippen LogP contribution in [0, 0.1) is 5.92 Å². The number of fused-ring (bicyclic) bond motifs is 1. The molecule has 0 spiro atoms. The first kappa shape index (κ1) is 10.7. The molecule has 1 N–H and O–H groups in total. The van der Waals surface area contributed by atoms with Crippen LogP contribution in [0.4, 0.5) is 0 Å². The summed E-state index contributed by atoms with van der Waals surface area (Å²) in [5.74, 6) is 0.784. The van der Waals surface area contributed by atoms with Crippen molar-refractivity contribution in [2.45, 2.75) is 39.2 Å². The van der Waals surface area contributed by atoms with Crippen LogP contribution in [0.2, 0.25) is 0 Å². The molecule has 1 aromatic carbocycles. The quantitative estimate of drug-likeness (QED) is 0.794. The van der Waals surface area contributed by atoms with E-state index in [-0.39, 0.29) is 0 Å². The van der Waals surface area contributed by atoms with E-state index in [9.17, 15) is 0 Å². The lowest BCUT2D eigenvalue weighted by atomic mass is 9.84. The first-order chi connectivity index (χ1) is 7.36. The molecule has 0 aliphatic carbocycles. The van der Waals surface area contributed by atoms with Crippen molar-refractivity contribution in [3.63, 3.8) is 0 Å². The fourth-order valence-corrected chi connectivity index (χ4v) is 2.72. The van der Waals surface area contributed by atoms with Crippen LogP contribution in [-0.4, -0.2) is 6.54 Å². The molecule has 15 heavy (non-hydrogen) atoms. The minimum absolute atomic E-state index is 0.588. The standard InChI is InChI=1S/C14H21N/c1-3-11(4-2)14-13-8-6-5-7-12(13)9-10-15-14/h5-8,11,14-15H,3-4,9-10H2,1-2H3. The van der Waals surface area contributed by atoms with Crippen LogP contribution in [0.1, 0.15) is 43.9 Å². The van der Waals surface area contributed by atoms with Gasteiger partial charge >= 0.3 is 0 Å². The van der Waals surface area contributed by atoms with Crippen LogP contribution in [0.15, 0.2) is 24.3 Å². The Bertz CT molecular complexity index is 315. The van der Waals surface area contributed by atoms with Gasteiger partial charge in [-0.15, -0.1) is 0 Å². The molecule has 1 heteroatoms. The van der Waals surface area contributed by atoms with Crippen molar-refractivity contribution in [3.05, 3.63) is 35.4 Å². The SMILES string of the molecule is CCC(CC)C1NCCc2ccccc21. The second-order valence-electron chi connectivity index (χ2n) is 4.46. The molecule has 0 fully saturated rings. The molecule has 1 aliphatic rings. The number of nitrogens with one attached hydrogen (secondary N) is 1. The van der Waals surface area contributed by atoms with Crippen molar-refractivity contribution in [1.29, 1.82) is 0 Å². The molecule has 0 saturated carbocycles. The third-order valence-electron chi connectivity index (χ3n) is 3.67.